The quantitative estimate of drug-likeness (QED) is 0.634. The molecule has 0 bridgehead atoms. The van der Waals surface area contributed by atoms with Crippen molar-refractivity contribution in [2.24, 2.45) is 5.41 Å². The summed E-state index contributed by atoms with van der Waals surface area (Å²) in [4.78, 5) is 6.28. The van der Waals surface area contributed by atoms with Crippen LogP contribution in [0.1, 0.15) is 32.0 Å². The topological polar surface area (TPSA) is 64.4 Å². The van der Waals surface area contributed by atoms with Crippen LogP contribution >= 0.6 is 0 Å². The van der Waals surface area contributed by atoms with Crippen LogP contribution in [-0.4, -0.2) is 49.4 Å². The Bertz CT molecular complexity index is 871. The van der Waals surface area contributed by atoms with Crippen LogP contribution in [0.25, 0.3) is 0 Å². The highest BCUT2D eigenvalue weighted by Crippen LogP contribution is 2.23. The van der Waals surface area contributed by atoms with E-state index in [0.29, 0.717) is 26.2 Å². The summed E-state index contributed by atoms with van der Waals surface area (Å²) in [6.45, 7) is 7.61. The first-order chi connectivity index (χ1) is 13.0. The monoisotopic (exact) mass is 411 g/mol. The maximum atomic E-state index is 13.1. The summed E-state index contributed by atoms with van der Waals surface area (Å²) >= 11 is 0. The van der Waals surface area contributed by atoms with Gasteiger partial charge in [0.25, 0.3) is 0 Å². The molecule has 0 aliphatic rings. The Hall–Kier alpha value is -1.77. The van der Waals surface area contributed by atoms with Crippen LogP contribution in [0.15, 0.2) is 35.6 Å². The van der Waals surface area contributed by atoms with E-state index in [1.54, 1.807) is 30.0 Å². The highest BCUT2D eigenvalue weighted by Gasteiger charge is 2.29. The van der Waals surface area contributed by atoms with Gasteiger partial charge in [0, 0.05) is 26.7 Å². The van der Waals surface area contributed by atoms with Gasteiger partial charge in [0.1, 0.15) is 5.82 Å². The summed E-state index contributed by atoms with van der Waals surface area (Å²) in [6.07, 6.45) is 1.62. The van der Waals surface area contributed by atoms with Crippen LogP contribution in [0.3, 0.4) is 0 Å². The van der Waals surface area contributed by atoms with Gasteiger partial charge in [-0.3, -0.25) is 4.90 Å². The van der Waals surface area contributed by atoms with Gasteiger partial charge in [-0.1, -0.05) is 32.9 Å². The molecule has 0 radical (unpaired) electrons. The minimum atomic E-state index is -3.52. The van der Waals surface area contributed by atoms with E-state index < -0.39 is 9.84 Å². The standard InChI is InChI=1S/C20H30FN3O3S/c1-20(2,3)15-28(25,26)19-22-12-18(24(19)10-11-27-5)14-23(4)13-16-6-8-17(21)9-7-16/h6-9,12H,10-11,13-15H2,1-5H3. The van der Waals surface area contributed by atoms with Gasteiger partial charge in [0.15, 0.2) is 0 Å². The first-order valence-corrected chi connectivity index (χ1v) is 10.9. The number of nitrogens with zero attached hydrogens (tertiary/aromatic N) is 3. The van der Waals surface area contributed by atoms with Crippen molar-refractivity contribution in [3.05, 3.63) is 47.5 Å². The summed E-state index contributed by atoms with van der Waals surface area (Å²) in [6, 6.07) is 6.35. The van der Waals surface area contributed by atoms with Crippen molar-refractivity contribution in [2.75, 3.05) is 26.5 Å². The molecule has 1 aromatic heterocycles. The van der Waals surface area contributed by atoms with E-state index in [1.807, 2.05) is 32.7 Å². The molecule has 0 aliphatic carbocycles. The van der Waals surface area contributed by atoms with Crippen molar-refractivity contribution in [1.82, 2.24) is 14.5 Å². The van der Waals surface area contributed by atoms with Crippen molar-refractivity contribution >= 4 is 9.84 Å². The third-order valence-electron chi connectivity index (χ3n) is 4.12. The molecule has 6 nitrogen and oxygen atoms in total. The lowest BCUT2D eigenvalue weighted by Crippen LogP contribution is -2.26. The first kappa shape index (κ1) is 22.5. The second kappa shape index (κ2) is 9.15. The van der Waals surface area contributed by atoms with E-state index in [9.17, 15) is 12.8 Å². The third-order valence-corrected chi connectivity index (χ3v) is 6.25. The smallest absolute Gasteiger partial charge is 0.227 e. The van der Waals surface area contributed by atoms with E-state index in [2.05, 4.69) is 4.98 Å². The number of hydrogen-bond donors (Lipinski definition) is 0. The molecule has 1 heterocycles. The molecule has 1 aromatic carbocycles. The van der Waals surface area contributed by atoms with Gasteiger partial charge in [0.2, 0.25) is 15.0 Å². The molecule has 156 valence electrons. The van der Waals surface area contributed by atoms with Gasteiger partial charge < -0.3 is 9.30 Å². The largest absolute Gasteiger partial charge is 0.383 e. The Morgan fingerprint density at radius 1 is 1.18 bits per heavy atom. The average Bonchev–Trinajstić information content (AvgIpc) is 2.96. The molecule has 0 fully saturated rings. The zero-order chi connectivity index (χ0) is 20.9. The van der Waals surface area contributed by atoms with E-state index in [4.69, 9.17) is 4.74 Å². The summed E-state index contributed by atoms with van der Waals surface area (Å²) in [7, 11) is -0.00674. The molecule has 2 rings (SSSR count). The number of sulfone groups is 1. The van der Waals surface area contributed by atoms with Gasteiger partial charge in [-0.15, -0.1) is 0 Å². The molecule has 2 aromatic rings. The van der Waals surface area contributed by atoms with Crippen molar-refractivity contribution in [2.45, 2.75) is 45.6 Å². The van der Waals surface area contributed by atoms with E-state index in [-0.39, 0.29) is 22.1 Å². The van der Waals surface area contributed by atoms with Crippen molar-refractivity contribution in [1.29, 1.82) is 0 Å². The molecular formula is C20H30FN3O3S. The van der Waals surface area contributed by atoms with E-state index in [0.717, 1.165) is 11.3 Å². The van der Waals surface area contributed by atoms with Crippen molar-refractivity contribution in [3.8, 4) is 0 Å². The van der Waals surface area contributed by atoms with Gasteiger partial charge in [-0.05, 0) is 30.2 Å². The molecule has 28 heavy (non-hydrogen) atoms. The zero-order valence-electron chi connectivity index (χ0n) is 17.3. The number of halogens is 1. The molecule has 8 heteroatoms. The van der Waals surface area contributed by atoms with E-state index in [1.165, 1.54) is 12.1 Å². The van der Waals surface area contributed by atoms with Crippen LogP contribution in [-0.2, 0) is 34.2 Å². The van der Waals surface area contributed by atoms with Crippen LogP contribution in [0.2, 0.25) is 0 Å². The molecule has 0 spiro atoms. The summed E-state index contributed by atoms with van der Waals surface area (Å²) in [5, 5.41) is 0.0876. The predicted molar refractivity (Wildman–Crippen MR) is 107 cm³/mol. The number of imidazole rings is 1. The Morgan fingerprint density at radius 3 is 2.39 bits per heavy atom. The second-order valence-electron chi connectivity index (χ2n) is 8.30. The lowest BCUT2D eigenvalue weighted by Gasteiger charge is -2.20. The van der Waals surface area contributed by atoms with Crippen LogP contribution in [0.5, 0.6) is 0 Å². The number of benzene rings is 1. The maximum Gasteiger partial charge on any atom is 0.227 e. The Kier molecular flexibility index (Phi) is 7.36. The summed E-state index contributed by atoms with van der Waals surface area (Å²) < 4.78 is 45.7. The molecular weight excluding hydrogens is 381 g/mol. The van der Waals surface area contributed by atoms with Crippen LogP contribution in [0.4, 0.5) is 4.39 Å². The zero-order valence-corrected chi connectivity index (χ0v) is 18.1. The minimum absolute atomic E-state index is 0.0227. The van der Waals surface area contributed by atoms with Crippen molar-refractivity contribution < 1.29 is 17.5 Å². The normalized spacial score (nSPS) is 12.7. The number of rotatable bonds is 9. The van der Waals surface area contributed by atoms with Crippen LogP contribution < -0.4 is 0 Å². The van der Waals surface area contributed by atoms with E-state index >= 15 is 0 Å². The first-order valence-electron chi connectivity index (χ1n) is 9.21. The van der Waals surface area contributed by atoms with Crippen LogP contribution in [0, 0.1) is 11.2 Å². The molecule has 0 saturated carbocycles. The van der Waals surface area contributed by atoms with Gasteiger partial charge in [0.05, 0.1) is 24.3 Å². The fourth-order valence-electron chi connectivity index (χ4n) is 3.06. The summed E-state index contributed by atoms with van der Waals surface area (Å²) in [5.41, 5.74) is 1.41. The highest BCUT2D eigenvalue weighted by atomic mass is 32.2. The third kappa shape index (κ3) is 6.39. The number of methoxy groups -OCH3 is 1. The summed E-state index contributed by atoms with van der Waals surface area (Å²) in [5.74, 6) is -0.243. The molecule has 0 aliphatic heterocycles. The van der Waals surface area contributed by atoms with Gasteiger partial charge in [-0.25, -0.2) is 17.8 Å². The fourth-order valence-corrected chi connectivity index (χ4v) is 5.08. The predicted octanol–water partition coefficient (Wildman–Crippen LogP) is 3.12. The number of ether oxygens (including phenoxy) is 1. The maximum absolute atomic E-state index is 13.1. The molecule has 0 amide bonds. The lowest BCUT2D eigenvalue weighted by molar-refractivity contribution is 0.182. The van der Waals surface area contributed by atoms with Gasteiger partial charge >= 0.3 is 0 Å². The Morgan fingerprint density at radius 2 is 1.82 bits per heavy atom. The molecule has 0 atom stereocenters. The Labute approximate surface area is 167 Å². The fraction of sp³-hybridized carbons (Fsp3) is 0.550. The molecule has 0 N–H and O–H groups in total. The second-order valence-corrected chi connectivity index (χ2v) is 10.2. The number of aromatic nitrogens is 2. The number of hydrogen-bond acceptors (Lipinski definition) is 5. The highest BCUT2D eigenvalue weighted by molar-refractivity contribution is 7.91. The molecule has 0 unspecified atom stereocenters. The lowest BCUT2D eigenvalue weighted by atomic mass is 10.0. The Balaban J connectivity index is 2.23. The minimum Gasteiger partial charge on any atom is -0.383 e. The SMILES string of the molecule is COCCn1c(CN(C)Cc2ccc(F)cc2)cnc1S(=O)(=O)CC(C)(C)C. The van der Waals surface area contributed by atoms with Crippen molar-refractivity contribution in [3.63, 3.8) is 0 Å². The average molecular weight is 412 g/mol. The van der Waals surface area contributed by atoms with Gasteiger partial charge in [-0.2, -0.15) is 0 Å². The molecule has 0 saturated heterocycles.